The molecule has 0 aliphatic carbocycles. The SMILES string of the molecule is CC(=O)C1=NN(c2ccc(C)cc2)C2(S1)c1ccccc1C(c1ccc(Br)cc1)=NN2c1ccccc1. The van der Waals surface area contributed by atoms with Crippen LogP contribution >= 0.6 is 27.7 Å². The molecule has 0 saturated carbocycles. The quantitative estimate of drug-likeness (QED) is 0.260. The summed E-state index contributed by atoms with van der Waals surface area (Å²) in [5.74, 6) is -0.0767. The van der Waals surface area contributed by atoms with Crippen molar-refractivity contribution in [2.75, 3.05) is 10.0 Å². The number of anilines is 2. The topological polar surface area (TPSA) is 48.3 Å². The molecular weight excluding hydrogens is 544 g/mol. The summed E-state index contributed by atoms with van der Waals surface area (Å²) in [6.07, 6.45) is 0. The molecule has 0 N–H and O–H groups in total. The Kier molecular flexibility index (Phi) is 5.97. The Bertz CT molecular complexity index is 1550. The summed E-state index contributed by atoms with van der Waals surface area (Å²) in [4.78, 5) is 11.8. The van der Waals surface area contributed by atoms with E-state index in [4.69, 9.17) is 10.2 Å². The van der Waals surface area contributed by atoms with Crippen LogP contribution in [-0.4, -0.2) is 16.5 Å². The van der Waals surface area contributed by atoms with Gasteiger partial charge in [-0.05, 0) is 55.1 Å². The van der Waals surface area contributed by atoms with Crippen molar-refractivity contribution < 1.29 is 4.79 Å². The number of ketones is 1. The van der Waals surface area contributed by atoms with Gasteiger partial charge in [-0.25, -0.2) is 10.0 Å². The highest BCUT2D eigenvalue weighted by molar-refractivity contribution is 9.10. The van der Waals surface area contributed by atoms with Crippen LogP contribution in [0.15, 0.2) is 118 Å². The lowest BCUT2D eigenvalue weighted by Crippen LogP contribution is -2.54. The van der Waals surface area contributed by atoms with Gasteiger partial charge in [0.05, 0.1) is 17.1 Å². The molecule has 0 saturated heterocycles. The maximum absolute atomic E-state index is 12.7. The van der Waals surface area contributed by atoms with Crippen molar-refractivity contribution in [3.8, 4) is 0 Å². The molecule has 2 heterocycles. The van der Waals surface area contributed by atoms with Crippen molar-refractivity contribution in [2.45, 2.75) is 18.8 Å². The number of benzene rings is 4. The molecule has 0 aromatic heterocycles. The second-order valence-electron chi connectivity index (χ2n) is 8.97. The number of hydrogen-bond donors (Lipinski definition) is 0. The first-order valence-corrected chi connectivity index (χ1v) is 13.5. The molecular formula is C30H23BrN4OS. The van der Waals surface area contributed by atoms with Gasteiger partial charge in [-0.2, -0.15) is 10.2 Å². The normalized spacial score (nSPS) is 18.5. The van der Waals surface area contributed by atoms with Crippen molar-refractivity contribution in [2.24, 2.45) is 10.2 Å². The highest BCUT2D eigenvalue weighted by Gasteiger charge is 2.55. The second kappa shape index (κ2) is 9.32. The zero-order valence-electron chi connectivity index (χ0n) is 20.3. The summed E-state index contributed by atoms with van der Waals surface area (Å²) in [7, 11) is 0. The fourth-order valence-corrected chi connectivity index (χ4v) is 6.21. The minimum absolute atomic E-state index is 0.0767. The van der Waals surface area contributed by atoms with Gasteiger partial charge in [-0.1, -0.05) is 88.2 Å². The predicted molar refractivity (Wildman–Crippen MR) is 156 cm³/mol. The van der Waals surface area contributed by atoms with Crippen molar-refractivity contribution in [1.82, 2.24) is 0 Å². The van der Waals surface area contributed by atoms with Crippen LogP contribution in [0.4, 0.5) is 11.4 Å². The largest absolute Gasteiger partial charge is 0.292 e. The van der Waals surface area contributed by atoms with Crippen LogP contribution in [0.5, 0.6) is 0 Å². The number of fused-ring (bicyclic) bond motifs is 2. The Morgan fingerprint density at radius 2 is 1.41 bits per heavy atom. The number of para-hydroxylation sites is 1. The predicted octanol–water partition coefficient (Wildman–Crippen LogP) is 7.30. The van der Waals surface area contributed by atoms with E-state index in [1.165, 1.54) is 11.8 Å². The van der Waals surface area contributed by atoms with Crippen molar-refractivity contribution in [3.05, 3.63) is 130 Å². The van der Waals surface area contributed by atoms with Crippen LogP contribution in [0.3, 0.4) is 0 Å². The van der Waals surface area contributed by atoms with E-state index in [2.05, 4.69) is 59.3 Å². The van der Waals surface area contributed by atoms with Crippen LogP contribution in [0.2, 0.25) is 0 Å². The Hall–Kier alpha value is -3.68. The molecule has 6 rings (SSSR count). The van der Waals surface area contributed by atoms with E-state index in [1.54, 1.807) is 6.92 Å². The number of halogens is 1. The second-order valence-corrected chi connectivity index (χ2v) is 11.0. The molecule has 1 unspecified atom stereocenters. The van der Waals surface area contributed by atoms with E-state index in [1.807, 2.05) is 76.7 Å². The lowest BCUT2D eigenvalue weighted by atomic mass is 9.93. The van der Waals surface area contributed by atoms with Gasteiger partial charge in [0.15, 0.2) is 10.8 Å². The number of rotatable bonds is 4. The van der Waals surface area contributed by atoms with Crippen LogP contribution in [-0.2, 0) is 9.79 Å². The lowest BCUT2D eigenvalue weighted by molar-refractivity contribution is -0.110. The fraction of sp³-hybridized carbons (Fsp3) is 0.100. The maximum Gasteiger partial charge on any atom is 0.234 e. The van der Waals surface area contributed by atoms with Gasteiger partial charge >= 0.3 is 0 Å². The molecule has 2 aliphatic rings. The number of hydrazone groups is 2. The van der Waals surface area contributed by atoms with Crippen LogP contribution in [0, 0.1) is 6.92 Å². The minimum atomic E-state index is -0.937. The molecule has 1 spiro atoms. The van der Waals surface area contributed by atoms with E-state index in [-0.39, 0.29) is 5.78 Å². The van der Waals surface area contributed by atoms with Gasteiger partial charge in [-0.3, -0.25) is 4.79 Å². The van der Waals surface area contributed by atoms with Crippen LogP contribution in [0.25, 0.3) is 0 Å². The standard InChI is InChI=1S/C30H23BrN4OS/c1-20-12-18-25(19-13-20)35-30(37-29(33-35)21(2)36)27-11-7-6-10-26(27)28(22-14-16-23(31)17-15-22)32-34(30)24-8-4-3-5-9-24/h3-19H,1-2H3. The summed E-state index contributed by atoms with van der Waals surface area (Å²) < 4.78 is 1.01. The Morgan fingerprint density at radius 3 is 2.11 bits per heavy atom. The maximum atomic E-state index is 12.7. The molecule has 7 heteroatoms. The highest BCUT2D eigenvalue weighted by atomic mass is 79.9. The van der Waals surface area contributed by atoms with E-state index in [9.17, 15) is 4.79 Å². The van der Waals surface area contributed by atoms with Gasteiger partial charge in [0.2, 0.25) is 4.99 Å². The van der Waals surface area contributed by atoms with Gasteiger partial charge in [0.25, 0.3) is 0 Å². The average molecular weight is 568 g/mol. The number of nitrogens with zero attached hydrogens (tertiary/aromatic N) is 4. The van der Waals surface area contributed by atoms with Crippen LogP contribution in [0.1, 0.15) is 29.2 Å². The highest BCUT2D eigenvalue weighted by Crippen LogP contribution is 2.55. The fourth-order valence-electron chi connectivity index (χ4n) is 4.65. The molecule has 5 nitrogen and oxygen atoms in total. The van der Waals surface area contributed by atoms with Crippen LogP contribution < -0.4 is 10.0 Å². The first kappa shape index (κ1) is 23.7. The first-order chi connectivity index (χ1) is 18.0. The average Bonchev–Trinajstić information content (AvgIpc) is 3.32. The summed E-state index contributed by atoms with van der Waals surface area (Å²) in [5, 5.41) is 14.6. The molecule has 0 radical (unpaired) electrons. The van der Waals surface area contributed by atoms with E-state index >= 15 is 0 Å². The third-order valence-corrected chi connectivity index (χ3v) is 8.38. The van der Waals surface area contributed by atoms with Crippen molar-refractivity contribution in [3.63, 3.8) is 0 Å². The number of hydrogen-bond acceptors (Lipinski definition) is 6. The summed E-state index contributed by atoms with van der Waals surface area (Å²) in [5.41, 5.74) is 6.81. The minimum Gasteiger partial charge on any atom is -0.292 e. The number of carbonyl (C=O) groups is 1. The Balaban J connectivity index is 1.66. The zero-order chi connectivity index (χ0) is 25.6. The molecule has 0 amide bonds. The van der Waals surface area contributed by atoms with Crippen molar-refractivity contribution in [1.29, 1.82) is 0 Å². The molecule has 37 heavy (non-hydrogen) atoms. The van der Waals surface area contributed by atoms with Gasteiger partial charge in [0, 0.05) is 28.1 Å². The monoisotopic (exact) mass is 566 g/mol. The lowest BCUT2D eigenvalue weighted by Gasteiger charge is -2.47. The van der Waals surface area contributed by atoms with E-state index < -0.39 is 4.99 Å². The van der Waals surface area contributed by atoms with Gasteiger partial charge < -0.3 is 0 Å². The molecule has 4 aromatic rings. The van der Waals surface area contributed by atoms with Crippen molar-refractivity contribution >= 4 is 55.6 Å². The smallest absolute Gasteiger partial charge is 0.234 e. The molecule has 0 fully saturated rings. The molecule has 1 atom stereocenters. The number of Topliss-reactive ketones (excluding diaryl/α,β-unsaturated/α-hetero) is 1. The number of aryl methyl sites for hydroxylation is 1. The Morgan fingerprint density at radius 1 is 0.784 bits per heavy atom. The number of carbonyl (C=O) groups excluding carboxylic acids is 1. The zero-order valence-corrected chi connectivity index (χ0v) is 22.7. The molecule has 182 valence electrons. The van der Waals surface area contributed by atoms with Gasteiger partial charge in [-0.15, -0.1) is 0 Å². The number of thioether (sulfide) groups is 1. The summed E-state index contributed by atoms with van der Waals surface area (Å²) >= 11 is 4.98. The third-order valence-electron chi connectivity index (χ3n) is 6.44. The van der Waals surface area contributed by atoms with E-state index in [0.717, 1.165) is 43.8 Å². The Labute approximate surface area is 228 Å². The molecule has 4 aromatic carbocycles. The van der Waals surface area contributed by atoms with Gasteiger partial charge in [0.1, 0.15) is 0 Å². The third kappa shape index (κ3) is 3.99. The van der Waals surface area contributed by atoms with E-state index in [0.29, 0.717) is 5.04 Å². The summed E-state index contributed by atoms with van der Waals surface area (Å²) in [6, 6.07) is 34.8. The molecule has 2 aliphatic heterocycles. The molecule has 0 bridgehead atoms. The first-order valence-electron chi connectivity index (χ1n) is 11.9. The summed E-state index contributed by atoms with van der Waals surface area (Å²) in [6.45, 7) is 3.62.